The molecule has 0 spiro atoms. The number of nitrogens with two attached hydrogens (primary N) is 1. The summed E-state index contributed by atoms with van der Waals surface area (Å²) >= 11 is 0. The van der Waals surface area contributed by atoms with Gasteiger partial charge in [-0.1, -0.05) is 11.6 Å². The van der Waals surface area contributed by atoms with Crippen LogP contribution in [0.1, 0.15) is 35.3 Å². The molecule has 104 valence electrons. The lowest BCUT2D eigenvalue weighted by Gasteiger charge is -2.30. The highest BCUT2D eigenvalue weighted by Crippen LogP contribution is 2.40. The van der Waals surface area contributed by atoms with Gasteiger partial charge in [0, 0.05) is 23.6 Å². The predicted molar refractivity (Wildman–Crippen MR) is 72.5 cm³/mol. The van der Waals surface area contributed by atoms with Crippen molar-refractivity contribution in [1.29, 1.82) is 0 Å². The van der Waals surface area contributed by atoms with E-state index < -0.39 is 6.10 Å². The Balaban J connectivity index is 1.99. The van der Waals surface area contributed by atoms with Gasteiger partial charge in [0.15, 0.2) is 0 Å². The van der Waals surface area contributed by atoms with Gasteiger partial charge in [-0.3, -0.25) is 0 Å². The summed E-state index contributed by atoms with van der Waals surface area (Å²) < 4.78 is 33.0. The van der Waals surface area contributed by atoms with Gasteiger partial charge < -0.3 is 10.5 Å². The van der Waals surface area contributed by atoms with Gasteiger partial charge >= 0.3 is 0 Å². The largest absolute Gasteiger partial charge is 0.485 e. The maximum atomic E-state index is 13.9. The maximum absolute atomic E-state index is 13.9. The molecule has 0 amide bonds. The SMILES string of the molecule is Cc1ccc(F)c(C2CC(N)c3cc(F)ccc3O2)c1. The van der Waals surface area contributed by atoms with Gasteiger partial charge in [-0.2, -0.15) is 0 Å². The Morgan fingerprint density at radius 1 is 1.10 bits per heavy atom. The van der Waals surface area contributed by atoms with Gasteiger partial charge in [-0.25, -0.2) is 8.78 Å². The number of benzene rings is 2. The molecule has 2 aromatic rings. The molecule has 0 saturated heterocycles. The van der Waals surface area contributed by atoms with E-state index in [2.05, 4.69) is 0 Å². The molecule has 2 aromatic carbocycles. The fraction of sp³-hybridized carbons (Fsp3) is 0.250. The third-order valence-electron chi connectivity index (χ3n) is 3.61. The molecule has 20 heavy (non-hydrogen) atoms. The second-order valence-corrected chi connectivity index (χ2v) is 5.16. The highest BCUT2D eigenvalue weighted by molar-refractivity contribution is 5.40. The van der Waals surface area contributed by atoms with E-state index in [1.807, 2.05) is 6.92 Å². The summed E-state index contributed by atoms with van der Waals surface area (Å²) in [7, 11) is 0. The molecule has 0 saturated carbocycles. The van der Waals surface area contributed by atoms with Crippen molar-refractivity contribution in [3.05, 3.63) is 64.7 Å². The first-order chi connectivity index (χ1) is 9.54. The second kappa shape index (κ2) is 4.87. The van der Waals surface area contributed by atoms with Gasteiger partial charge in [0.2, 0.25) is 0 Å². The summed E-state index contributed by atoms with van der Waals surface area (Å²) in [5.41, 5.74) is 8.15. The summed E-state index contributed by atoms with van der Waals surface area (Å²) in [6, 6.07) is 8.79. The smallest absolute Gasteiger partial charge is 0.130 e. The molecule has 2 N–H and O–H groups in total. The molecular formula is C16H15F2NO. The van der Waals surface area contributed by atoms with Crippen molar-refractivity contribution >= 4 is 0 Å². The molecular weight excluding hydrogens is 260 g/mol. The standard InChI is InChI=1S/C16H15F2NO/c1-9-2-4-13(18)11(6-9)16-8-14(19)12-7-10(17)3-5-15(12)20-16/h2-7,14,16H,8,19H2,1H3. The Morgan fingerprint density at radius 2 is 1.90 bits per heavy atom. The quantitative estimate of drug-likeness (QED) is 0.859. The van der Waals surface area contributed by atoms with E-state index in [1.54, 1.807) is 18.2 Å². The van der Waals surface area contributed by atoms with Crippen LogP contribution in [-0.4, -0.2) is 0 Å². The summed E-state index contributed by atoms with van der Waals surface area (Å²) in [6.45, 7) is 1.90. The van der Waals surface area contributed by atoms with Crippen LogP contribution in [0.25, 0.3) is 0 Å². The Hall–Kier alpha value is -1.94. The van der Waals surface area contributed by atoms with Crippen LogP contribution in [0.5, 0.6) is 5.75 Å². The minimum absolute atomic E-state index is 0.307. The molecule has 2 unspecified atom stereocenters. The Bertz CT molecular complexity index is 657. The number of hydrogen-bond donors (Lipinski definition) is 1. The highest BCUT2D eigenvalue weighted by atomic mass is 19.1. The lowest BCUT2D eigenvalue weighted by Crippen LogP contribution is -2.25. The van der Waals surface area contributed by atoms with E-state index in [9.17, 15) is 8.78 Å². The average molecular weight is 275 g/mol. The number of rotatable bonds is 1. The van der Waals surface area contributed by atoms with Crippen molar-refractivity contribution in [2.24, 2.45) is 5.73 Å². The summed E-state index contributed by atoms with van der Waals surface area (Å²) in [5, 5.41) is 0. The van der Waals surface area contributed by atoms with Crippen molar-refractivity contribution in [1.82, 2.24) is 0 Å². The van der Waals surface area contributed by atoms with Crippen LogP contribution in [0.2, 0.25) is 0 Å². The third kappa shape index (κ3) is 2.27. The number of ether oxygens (including phenoxy) is 1. The molecule has 1 heterocycles. The van der Waals surface area contributed by atoms with E-state index in [0.717, 1.165) is 5.56 Å². The topological polar surface area (TPSA) is 35.2 Å². The van der Waals surface area contributed by atoms with Gasteiger partial charge in [0.25, 0.3) is 0 Å². The lowest BCUT2D eigenvalue weighted by molar-refractivity contribution is 0.157. The van der Waals surface area contributed by atoms with Crippen molar-refractivity contribution in [3.8, 4) is 5.75 Å². The Morgan fingerprint density at radius 3 is 2.70 bits per heavy atom. The van der Waals surface area contributed by atoms with E-state index in [1.165, 1.54) is 18.2 Å². The van der Waals surface area contributed by atoms with Gasteiger partial charge in [0.05, 0.1) is 0 Å². The molecule has 0 aromatic heterocycles. The molecule has 0 aliphatic carbocycles. The molecule has 0 fully saturated rings. The number of aryl methyl sites for hydroxylation is 1. The van der Waals surface area contributed by atoms with Gasteiger partial charge in [-0.05, 0) is 37.3 Å². The van der Waals surface area contributed by atoms with Crippen LogP contribution < -0.4 is 10.5 Å². The van der Waals surface area contributed by atoms with Crippen molar-refractivity contribution < 1.29 is 13.5 Å². The minimum atomic E-state index is -0.442. The zero-order valence-corrected chi connectivity index (χ0v) is 11.1. The molecule has 0 radical (unpaired) electrons. The summed E-state index contributed by atoms with van der Waals surface area (Å²) in [5.74, 6) is -0.127. The first-order valence-electron chi connectivity index (χ1n) is 6.52. The first kappa shape index (κ1) is 13.1. The van der Waals surface area contributed by atoms with Crippen molar-refractivity contribution in [3.63, 3.8) is 0 Å². The number of fused-ring (bicyclic) bond motifs is 1. The molecule has 1 aliphatic heterocycles. The summed E-state index contributed by atoms with van der Waals surface area (Å²) in [6.07, 6.45) is -0.0144. The Labute approximate surface area is 116 Å². The van der Waals surface area contributed by atoms with Crippen LogP contribution in [0.3, 0.4) is 0 Å². The minimum Gasteiger partial charge on any atom is -0.485 e. The molecule has 2 nitrogen and oxygen atoms in total. The number of hydrogen-bond acceptors (Lipinski definition) is 2. The van der Waals surface area contributed by atoms with Gasteiger partial charge in [-0.15, -0.1) is 0 Å². The lowest BCUT2D eigenvalue weighted by atomic mass is 9.92. The highest BCUT2D eigenvalue weighted by Gasteiger charge is 2.29. The molecule has 2 atom stereocenters. The predicted octanol–water partition coefficient (Wildman–Crippen LogP) is 3.80. The average Bonchev–Trinajstić information content (AvgIpc) is 2.42. The Kier molecular flexibility index (Phi) is 3.18. The maximum Gasteiger partial charge on any atom is 0.130 e. The van der Waals surface area contributed by atoms with Crippen LogP contribution in [-0.2, 0) is 0 Å². The van der Waals surface area contributed by atoms with E-state index >= 15 is 0 Å². The fourth-order valence-electron chi connectivity index (χ4n) is 2.58. The monoisotopic (exact) mass is 275 g/mol. The molecule has 4 heteroatoms. The summed E-state index contributed by atoms with van der Waals surface area (Å²) in [4.78, 5) is 0. The van der Waals surface area contributed by atoms with Crippen LogP contribution >= 0.6 is 0 Å². The van der Waals surface area contributed by atoms with Crippen LogP contribution in [0.15, 0.2) is 36.4 Å². The zero-order valence-electron chi connectivity index (χ0n) is 11.1. The second-order valence-electron chi connectivity index (χ2n) is 5.16. The van der Waals surface area contributed by atoms with Crippen LogP contribution in [0.4, 0.5) is 8.78 Å². The van der Waals surface area contributed by atoms with Gasteiger partial charge in [0.1, 0.15) is 23.5 Å². The molecule has 0 bridgehead atoms. The fourth-order valence-corrected chi connectivity index (χ4v) is 2.58. The van der Waals surface area contributed by atoms with E-state index in [4.69, 9.17) is 10.5 Å². The zero-order chi connectivity index (χ0) is 14.3. The normalized spacial score (nSPS) is 21.2. The molecule has 3 rings (SSSR count). The van der Waals surface area contributed by atoms with Crippen LogP contribution in [0, 0.1) is 18.6 Å². The van der Waals surface area contributed by atoms with Crippen molar-refractivity contribution in [2.75, 3.05) is 0 Å². The van der Waals surface area contributed by atoms with E-state index in [0.29, 0.717) is 23.3 Å². The number of halogens is 2. The first-order valence-corrected chi connectivity index (χ1v) is 6.52. The molecule has 1 aliphatic rings. The van der Waals surface area contributed by atoms with E-state index in [-0.39, 0.29) is 17.7 Å². The third-order valence-corrected chi connectivity index (χ3v) is 3.61. The van der Waals surface area contributed by atoms with Crippen molar-refractivity contribution in [2.45, 2.75) is 25.5 Å².